The molecule has 4 nitrogen and oxygen atoms in total. The Labute approximate surface area is 137 Å². The van der Waals surface area contributed by atoms with Crippen molar-refractivity contribution < 1.29 is 18.3 Å². The molecular weight excluding hydrogens is 314 g/mol. The van der Waals surface area contributed by atoms with Crippen LogP contribution in [0.3, 0.4) is 0 Å². The topological polar surface area (TPSA) is 51.2 Å². The summed E-state index contributed by atoms with van der Waals surface area (Å²) in [5.41, 5.74) is 1.18. The van der Waals surface area contributed by atoms with Crippen LogP contribution < -0.4 is 10.1 Å². The van der Waals surface area contributed by atoms with Gasteiger partial charge in [-0.1, -0.05) is 18.2 Å². The highest BCUT2D eigenvalue weighted by molar-refractivity contribution is 6.01. The van der Waals surface area contributed by atoms with E-state index in [0.29, 0.717) is 17.3 Å². The average molecular weight is 328 g/mol. The van der Waals surface area contributed by atoms with Crippen molar-refractivity contribution in [3.63, 3.8) is 0 Å². The number of carbonyl (C=O) groups is 1. The maximum atomic E-state index is 13.6. The van der Waals surface area contributed by atoms with E-state index < -0.39 is 23.6 Å². The number of hydrogen-bond acceptors (Lipinski definition) is 3. The highest BCUT2D eigenvalue weighted by Crippen LogP contribution is 2.22. The Morgan fingerprint density at radius 1 is 1.17 bits per heavy atom. The minimum atomic E-state index is -0.969. The van der Waals surface area contributed by atoms with Crippen LogP contribution >= 0.6 is 0 Å². The van der Waals surface area contributed by atoms with Crippen LogP contribution in [-0.4, -0.2) is 17.0 Å². The van der Waals surface area contributed by atoms with Gasteiger partial charge in [-0.3, -0.25) is 9.78 Å². The second-order valence-corrected chi connectivity index (χ2v) is 5.20. The minimum Gasteiger partial charge on any atom is -0.478 e. The largest absolute Gasteiger partial charge is 0.478 e. The van der Waals surface area contributed by atoms with Gasteiger partial charge in [0.2, 0.25) is 0 Å². The summed E-state index contributed by atoms with van der Waals surface area (Å²) in [5, 5.41) is 3.60. The highest BCUT2D eigenvalue weighted by Gasteiger charge is 2.18. The summed E-state index contributed by atoms with van der Waals surface area (Å²) in [5.74, 6) is -2.22. The van der Waals surface area contributed by atoms with Crippen LogP contribution in [0.25, 0.3) is 10.9 Å². The van der Waals surface area contributed by atoms with E-state index in [9.17, 15) is 13.6 Å². The monoisotopic (exact) mass is 328 g/mol. The molecule has 6 heteroatoms. The number of halogens is 2. The molecule has 0 aliphatic rings. The van der Waals surface area contributed by atoms with Crippen LogP contribution in [0.2, 0.25) is 0 Å². The number of anilines is 1. The summed E-state index contributed by atoms with van der Waals surface area (Å²) in [6.45, 7) is 1.48. The lowest BCUT2D eigenvalue weighted by atomic mass is 10.2. The number of rotatable bonds is 4. The van der Waals surface area contributed by atoms with Crippen molar-refractivity contribution in [3.05, 3.63) is 66.4 Å². The fourth-order valence-electron chi connectivity index (χ4n) is 2.25. The average Bonchev–Trinajstić information content (AvgIpc) is 2.57. The number of amides is 1. The molecule has 1 heterocycles. The lowest BCUT2D eigenvalue weighted by molar-refractivity contribution is -0.122. The number of fused-ring (bicyclic) bond motifs is 1. The first-order valence-corrected chi connectivity index (χ1v) is 7.31. The molecule has 3 aromatic rings. The van der Waals surface area contributed by atoms with Crippen LogP contribution in [-0.2, 0) is 4.79 Å². The Morgan fingerprint density at radius 3 is 2.75 bits per heavy atom. The Morgan fingerprint density at radius 2 is 1.96 bits per heavy atom. The van der Waals surface area contributed by atoms with E-state index >= 15 is 0 Å². The zero-order chi connectivity index (χ0) is 17.1. The molecule has 1 N–H and O–H groups in total. The van der Waals surface area contributed by atoms with Gasteiger partial charge in [-0.25, -0.2) is 8.78 Å². The molecule has 0 spiro atoms. The molecule has 0 aliphatic heterocycles. The minimum absolute atomic E-state index is 0.185. The van der Waals surface area contributed by atoms with E-state index in [1.807, 2.05) is 12.1 Å². The zero-order valence-corrected chi connectivity index (χ0v) is 12.8. The number of carbonyl (C=O) groups excluding carboxylic acids is 1. The van der Waals surface area contributed by atoms with Crippen molar-refractivity contribution in [2.75, 3.05) is 5.32 Å². The first-order valence-electron chi connectivity index (χ1n) is 7.31. The standard InChI is InChI=1S/C18H14F2N2O2/c1-11(24-16-8-7-13(19)10-14(16)20)18(23)22-15-6-2-4-12-5-3-9-21-17(12)15/h2-11H,1H3,(H,22,23). The van der Waals surface area contributed by atoms with Crippen molar-refractivity contribution in [2.45, 2.75) is 13.0 Å². The van der Waals surface area contributed by atoms with Crippen molar-refractivity contribution >= 4 is 22.5 Å². The molecule has 0 fully saturated rings. The number of nitrogens with zero attached hydrogens (tertiary/aromatic N) is 1. The van der Waals surface area contributed by atoms with E-state index in [0.717, 1.165) is 17.5 Å². The van der Waals surface area contributed by atoms with Crippen LogP contribution in [0.15, 0.2) is 54.7 Å². The van der Waals surface area contributed by atoms with Crippen LogP contribution in [0, 0.1) is 11.6 Å². The van der Waals surface area contributed by atoms with Gasteiger partial charge in [0.05, 0.1) is 11.2 Å². The van der Waals surface area contributed by atoms with Gasteiger partial charge in [-0.05, 0) is 31.2 Å². The molecule has 24 heavy (non-hydrogen) atoms. The number of hydrogen-bond donors (Lipinski definition) is 1. The number of nitrogens with one attached hydrogen (secondary N) is 1. The number of benzene rings is 2. The van der Waals surface area contributed by atoms with Crippen molar-refractivity contribution in [2.24, 2.45) is 0 Å². The fourth-order valence-corrected chi connectivity index (χ4v) is 2.25. The molecule has 1 atom stereocenters. The van der Waals surface area contributed by atoms with Crippen molar-refractivity contribution in [1.82, 2.24) is 4.98 Å². The molecule has 1 aromatic heterocycles. The second kappa shape index (κ2) is 6.62. The van der Waals surface area contributed by atoms with Gasteiger partial charge in [-0.2, -0.15) is 0 Å². The Hall–Kier alpha value is -3.02. The molecule has 1 amide bonds. The molecular formula is C18H14F2N2O2. The van der Waals surface area contributed by atoms with E-state index in [1.54, 1.807) is 24.4 Å². The predicted octanol–water partition coefficient (Wildman–Crippen LogP) is 3.92. The normalized spacial score (nSPS) is 12.0. The lowest BCUT2D eigenvalue weighted by Gasteiger charge is -2.15. The molecule has 3 rings (SSSR count). The molecule has 0 saturated carbocycles. The SMILES string of the molecule is CC(Oc1ccc(F)cc1F)C(=O)Nc1cccc2cccnc12. The van der Waals surface area contributed by atoms with Gasteiger partial charge in [0, 0.05) is 17.6 Å². The lowest BCUT2D eigenvalue weighted by Crippen LogP contribution is -2.30. The van der Waals surface area contributed by atoms with Crippen LogP contribution in [0.5, 0.6) is 5.75 Å². The zero-order valence-electron chi connectivity index (χ0n) is 12.8. The van der Waals surface area contributed by atoms with Gasteiger partial charge in [0.25, 0.3) is 5.91 Å². The summed E-state index contributed by atoms with van der Waals surface area (Å²) in [6.07, 6.45) is 0.662. The van der Waals surface area contributed by atoms with Crippen LogP contribution in [0.1, 0.15) is 6.92 Å². The molecule has 1 unspecified atom stereocenters. The maximum absolute atomic E-state index is 13.6. The van der Waals surface area contributed by atoms with Gasteiger partial charge in [-0.15, -0.1) is 0 Å². The highest BCUT2D eigenvalue weighted by atomic mass is 19.1. The van der Waals surface area contributed by atoms with Gasteiger partial charge in [0.1, 0.15) is 5.82 Å². The molecule has 0 radical (unpaired) electrons. The number of pyridine rings is 1. The summed E-state index contributed by atoms with van der Waals surface area (Å²) in [6, 6.07) is 12.0. The summed E-state index contributed by atoms with van der Waals surface area (Å²) in [7, 11) is 0. The summed E-state index contributed by atoms with van der Waals surface area (Å²) >= 11 is 0. The van der Waals surface area contributed by atoms with E-state index in [4.69, 9.17) is 4.74 Å². The first-order chi connectivity index (χ1) is 11.5. The molecule has 0 bridgehead atoms. The Bertz CT molecular complexity index is 894. The van der Waals surface area contributed by atoms with Gasteiger partial charge >= 0.3 is 0 Å². The molecule has 0 saturated heterocycles. The molecule has 122 valence electrons. The second-order valence-electron chi connectivity index (χ2n) is 5.20. The quantitative estimate of drug-likeness (QED) is 0.790. The van der Waals surface area contributed by atoms with E-state index in [2.05, 4.69) is 10.3 Å². The third-order valence-corrected chi connectivity index (χ3v) is 3.46. The predicted molar refractivity (Wildman–Crippen MR) is 86.8 cm³/mol. The van der Waals surface area contributed by atoms with Crippen molar-refractivity contribution in [1.29, 1.82) is 0 Å². The van der Waals surface area contributed by atoms with Crippen molar-refractivity contribution in [3.8, 4) is 5.75 Å². The third kappa shape index (κ3) is 3.32. The van der Waals surface area contributed by atoms with Gasteiger partial charge < -0.3 is 10.1 Å². The van der Waals surface area contributed by atoms with Gasteiger partial charge in [0.15, 0.2) is 17.7 Å². The summed E-state index contributed by atoms with van der Waals surface area (Å²) in [4.78, 5) is 16.5. The number of aromatic nitrogens is 1. The van der Waals surface area contributed by atoms with Crippen LogP contribution in [0.4, 0.5) is 14.5 Å². The Balaban J connectivity index is 1.76. The maximum Gasteiger partial charge on any atom is 0.265 e. The summed E-state index contributed by atoms with van der Waals surface area (Å²) < 4.78 is 31.8. The number of para-hydroxylation sites is 1. The smallest absolute Gasteiger partial charge is 0.265 e. The molecule has 2 aromatic carbocycles. The van der Waals surface area contributed by atoms with E-state index in [-0.39, 0.29) is 5.75 Å². The van der Waals surface area contributed by atoms with E-state index in [1.165, 1.54) is 6.92 Å². The first kappa shape index (κ1) is 15.9. The Kier molecular flexibility index (Phi) is 4.37. The fraction of sp³-hybridized carbons (Fsp3) is 0.111. The number of ether oxygens (including phenoxy) is 1. The third-order valence-electron chi connectivity index (χ3n) is 3.46. The molecule has 0 aliphatic carbocycles.